The first-order valence-electron chi connectivity index (χ1n) is 5.31. The molecule has 2 bridgehead atoms. The summed E-state index contributed by atoms with van der Waals surface area (Å²) in [4.78, 5) is 0. The van der Waals surface area contributed by atoms with E-state index in [1.807, 2.05) is 0 Å². The molecule has 0 radical (unpaired) electrons. The molecule has 0 aromatic carbocycles. The molecule has 2 nitrogen and oxygen atoms in total. The zero-order valence-corrected chi connectivity index (χ0v) is 9.08. The Kier molecular flexibility index (Phi) is 2.16. The van der Waals surface area contributed by atoms with Gasteiger partial charge in [-0.25, -0.2) is 0 Å². The van der Waals surface area contributed by atoms with Crippen molar-refractivity contribution in [3.05, 3.63) is 11.6 Å². The second-order valence-electron chi connectivity index (χ2n) is 5.28. The van der Waals surface area contributed by atoms with Crippen molar-refractivity contribution in [2.75, 3.05) is 0 Å². The lowest BCUT2D eigenvalue weighted by molar-refractivity contribution is -0.0759. The first-order valence-corrected chi connectivity index (χ1v) is 5.31. The summed E-state index contributed by atoms with van der Waals surface area (Å²) < 4.78 is 6.01. The Bertz CT molecular complexity index is 305. The van der Waals surface area contributed by atoms with E-state index < -0.39 is 0 Å². The van der Waals surface area contributed by atoms with Crippen LogP contribution >= 0.6 is 0 Å². The number of hydrogen-bond acceptors (Lipinski definition) is 2. The predicted molar refractivity (Wildman–Crippen MR) is 54.5 cm³/mol. The molecule has 0 aliphatic heterocycles. The molecule has 0 spiro atoms. The maximum absolute atomic E-state index is 8.93. The van der Waals surface area contributed by atoms with Crippen molar-refractivity contribution in [3.63, 3.8) is 0 Å². The van der Waals surface area contributed by atoms with Crippen LogP contribution in [-0.4, -0.2) is 11.7 Å². The van der Waals surface area contributed by atoms with Crippen LogP contribution in [0.4, 0.5) is 0 Å². The monoisotopic (exact) mass is 191 g/mol. The van der Waals surface area contributed by atoms with Gasteiger partial charge in [0.25, 0.3) is 0 Å². The number of ether oxygens (including phenoxy) is 1. The van der Waals surface area contributed by atoms with Gasteiger partial charge in [-0.2, -0.15) is 5.26 Å². The van der Waals surface area contributed by atoms with Crippen LogP contribution in [-0.2, 0) is 4.74 Å². The number of hydrogen-bond donors (Lipinski definition) is 0. The van der Waals surface area contributed by atoms with Gasteiger partial charge in [0.1, 0.15) is 0 Å². The van der Waals surface area contributed by atoms with Gasteiger partial charge in [-0.3, -0.25) is 0 Å². The van der Waals surface area contributed by atoms with E-state index in [2.05, 4.69) is 32.9 Å². The summed E-state index contributed by atoms with van der Waals surface area (Å²) in [6, 6.07) is 2.29. The van der Waals surface area contributed by atoms with E-state index in [-0.39, 0.29) is 11.7 Å². The molecule has 0 amide bonds. The summed E-state index contributed by atoms with van der Waals surface area (Å²) in [6.45, 7) is 6.24. The summed E-state index contributed by atoms with van der Waals surface area (Å²) in [7, 11) is 0. The van der Waals surface area contributed by atoms with E-state index in [1.165, 1.54) is 6.42 Å². The molecule has 2 rings (SSSR count). The van der Waals surface area contributed by atoms with E-state index in [1.54, 1.807) is 0 Å². The molecule has 3 atom stereocenters. The molecular formula is C12H17NO. The molecule has 3 unspecified atom stereocenters. The second-order valence-corrected chi connectivity index (χ2v) is 5.28. The Labute approximate surface area is 85.6 Å². The minimum atomic E-state index is -0.0930. The van der Waals surface area contributed by atoms with Crippen molar-refractivity contribution in [1.82, 2.24) is 0 Å². The van der Waals surface area contributed by atoms with Gasteiger partial charge in [0.05, 0.1) is 17.8 Å². The van der Waals surface area contributed by atoms with Gasteiger partial charge in [-0.1, -0.05) is 6.08 Å². The number of rotatable bonds is 1. The van der Waals surface area contributed by atoms with E-state index in [0.717, 1.165) is 12.0 Å². The molecule has 0 N–H and O–H groups in total. The molecule has 0 aromatic heterocycles. The second kappa shape index (κ2) is 3.10. The van der Waals surface area contributed by atoms with Crippen molar-refractivity contribution in [1.29, 1.82) is 5.26 Å². The minimum Gasteiger partial charge on any atom is -0.371 e. The van der Waals surface area contributed by atoms with E-state index in [4.69, 9.17) is 10.00 Å². The first kappa shape index (κ1) is 9.73. The normalized spacial score (nSPS) is 35.6. The highest BCUT2D eigenvalue weighted by Gasteiger charge is 2.45. The molecule has 0 saturated heterocycles. The van der Waals surface area contributed by atoms with Crippen LogP contribution in [0, 0.1) is 23.2 Å². The summed E-state index contributed by atoms with van der Waals surface area (Å²) in [5.41, 5.74) is 0.861. The van der Waals surface area contributed by atoms with Crippen LogP contribution in [0.15, 0.2) is 11.6 Å². The van der Waals surface area contributed by atoms with Gasteiger partial charge < -0.3 is 4.74 Å². The molecule has 1 saturated carbocycles. The fourth-order valence-electron chi connectivity index (χ4n) is 2.56. The summed E-state index contributed by atoms with van der Waals surface area (Å²) >= 11 is 0. The molecule has 14 heavy (non-hydrogen) atoms. The van der Waals surface area contributed by atoms with Crippen molar-refractivity contribution in [2.45, 2.75) is 45.3 Å². The average Bonchev–Trinajstić information content (AvgIpc) is 2.59. The van der Waals surface area contributed by atoms with E-state index in [0.29, 0.717) is 11.8 Å². The van der Waals surface area contributed by atoms with Crippen LogP contribution in [0.1, 0.15) is 33.6 Å². The van der Waals surface area contributed by atoms with Gasteiger partial charge in [-0.05, 0) is 33.6 Å². The Morgan fingerprint density at radius 1 is 1.43 bits per heavy atom. The smallest absolute Gasteiger partial charge is 0.0947 e. The highest BCUT2D eigenvalue weighted by Crippen LogP contribution is 2.46. The average molecular weight is 191 g/mol. The zero-order chi connectivity index (χ0) is 10.3. The predicted octanol–water partition coefficient (Wildman–Crippen LogP) is 2.66. The highest BCUT2D eigenvalue weighted by molar-refractivity contribution is 5.34. The third-order valence-electron chi connectivity index (χ3n) is 3.04. The number of nitrogens with zero attached hydrogens (tertiary/aromatic N) is 1. The zero-order valence-electron chi connectivity index (χ0n) is 9.08. The lowest BCUT2D eigenvalue weighted by Crippen LogP contribution is -2.31. The molecule has 2 aliphatic rings. The first-order chi connectivity index (χ1) is 6.51. The molecule has 0 aromatic rings. The van der Waals surface area contributed by atoms with Gasteiger partial charge in [-0.15, -0.1) is 0 Å². The third-order valence-corrected chi connectivity index (χ3v) is 3.04. The molecule has 1 fully saturated rings. The Hall–Kier alpha value is -0.810. The van der Waals surface area contributed by atoms with Gasteiger partial charge in [0.2, 0.25) is 0 Å². The van der Waals surface area contributed by atoms with Crippen LogP contribution in [0.3, 0.4) is 0 Å². The fraction of sp³-hybridized carbons (Fsp3) is 0.750. The summed E-state index contributed by atoms with van der Waals surface area (Å²) in [5.74, 6) is 0.873. The molecule has 2 aliphatic carbocycles. The van der Waals surface area contributed by atoms with Crippen LogP contribution in [0.25, 0.3) is 0 Å². The van der Waals surface area contributed by atoms with Gasteiger partial charge in [0.15, 0.2) is 0 Å². The molecule has 76 valence electrons. The quantitative estimate of drug-likeness (QED) is 0.638. The highest BCUT2D eigenvalue weighted by atomic mass is 16.5. The lowest BCUT2D eigenvalue weighted by Gasteiger charge is -2.28. The Balaban J connectivity index is 2.10. The maximum Gasteiger partial charge on any atom is 0.0947 e. The van der Waals surface area contributed by atoms with Crippen LogP contribution in [0.5, 0.6) is 0 Å². The van der Waals surface area contributed by atoms with Gasteiger partial charge >= 0.3 is 0 Å². The van der Waals surface area contributed by atoms with E-state index in [9.17, 15) is 0 Å². The summed E-state index contributed by atoms with van der Waals surface area (Å²) in [5, 5.41) is 8.93. The lowest BCUT2D eigenvalue weighted by atomic mass is 9.99. The molecule has 0 heterocycles. The number of fused-ring (bicyclic) bond motifs is 2. The Morgan fingerprint density at radius 3 is 2.64 bits per heavy atom. The standard InChI is InChI=1S/C12H17NO/c1-12(2,3)14-11-8-4-5-10(11)9(6-8)7-13/h6,8,10-11H,4-5H2,1-3H3. The topological polar surface area (TPSA) is 33.0 Å². The van der Waals surface area contributed by atoms with Gasteiger partial charge in [0, 0.05) is 17.4 Å². The van der Waals surface area contributed by atoms with E-state index >= 15 is 0 Å². The molecule has 2 heteroatoms. The van der Waals surface area contributed by atoms with Crippen molar-refractivity contribution in [2.24, 2.45) is 11.8 Å². The van der Waals surface area contributed by atoms with Crippen molar-refractivity contribution >= 4 is 0 Å². The number of nitriles is 1. The minimum absolute atomic E-state index is 0.0930. The maximum atomic E-state index is 8.93. The largest absolute Gasteiger partial charge is 0.371 e. The van der Waals surface area contributed by atoms with Crippen LogP contribution < -0.4 is 0 Å². The van der Waals surface area contributed by atoms with Crippen molar-refractivity contribution < 1.29 is 4.74 Å². The Morgan fingerprint density at radius 2 is 2.14 bits per heavy atom. The fourth-order valence-corrected chi connectivity index (χ4v) is 2.56. The molecular weight excluding hydrogens is 174 g/mol. The third kappa shape index (κ3) is 1.57. The SMILES string of the molecule is CC(C)(C)OC1C2C=C(C#N)C1CC2. The van der Waals surface area contributed by atoms with Crippen molar-refractivity contribution in [3.8, 4) is 6.07 Å². The van der Waals surface area contributed by atoms with Crippen LogP contribution in [0.2, 0.25) is 0 Å². The summed E-state index contributed by atoms with van der Waals surface area (Å²) in [6.07, 6.45) is 4.70.